The molecule has 2 N–H and O–H groups in total. The largest absolute Gasteiger partial charge is 0.459 e. The highest BCUT2D eigenvalue weighted by molar-refractivity contribution is 5.72. The highest BCUT2D eigenvalue weighted by Crippen LogP contribution is 2.45. The maximum absolute atomic E-state index is 13.6. The molecule has 8 heteroatoms. The van der Waals surface area contributed by atoms with E-state index in [1.807, 2.05) is 27.7 Å². The molecule has 0 amide bonds. The second-order valence-electron chi connectivity index (χ2n) is 15.4. The van der Waals surface area contributed by atoms with Crippen LogP contribution in [0.25, 0.3) is 0 Å². The molecule has 0 aromatic heterocycles. The third-order valence-corrected chi connectivity index (χ3v) is 11.0. The molecule has 0 radical (unpaired) electrons. The summed E-state index contributed by atoms with van der Waals surface area (Å²) in [6.07, 6.45) is 3.82. The van der Waals surface area contributed by atoms with Crippen molar-refractivity contribution in [3.05, 3.63) is 12.2 Å². The first-order chi connectivity index (χ1) is 20.5. The Balaban J connectivity index is 2.11. The predicted octanol–water partition coefficient (Wildman–Crippen LogP) is 6.58. The quantitative estimate of drug-likeness (QED) is 0.268. The van der Waals surface area contributed by atoms with Crippen LogP contribution in [-0.4, -0.2) is 65.9 Å². The van der Waals surface area contributed by atoms with Crippen molar-refractivity contribution in [2.45, 2.75) is 163 Å². The minimum absolute atomic E-state index is 0.0361. The first-order valence-corrected chi connectivity index (χ1v) is 17.3. The maximum Gasteiger partial charge on any atom is 0.309 e. The van der Waals surface area contributed by atoms with Gasteiger partial charge < -0.3 is 29.4 Å². The van der Waals surface area contributed by atoms with E-state index in [0.29, 0.717) is 12.8 Å². The highest BCUT2D eigenvalue weighted by atomic mass is 16.7. The van der Waals surface area contributed by atoms with Crippen molar-refractivity contribution in [2.75, 3.05) is 6.54 Å². The molecule has 44 heavy (non-hydrogen) atoms. The van der Waals surface area contributed by atoms with E-state index >= 15 is 0 Å². The molecule has 0 aromatic carbocycles. The number of hydrogen-bond acceptors (Lipinski definition) is 8. The summed E-state index contributed by atoms with van der Waals surface area (Å²) in [6.45, 7) is 25.4. The monoisotopic (exact) mass is 621 g/mol. The van der Waals surface area contributed by atoms with Crippen LogP contribution in [-0.2, 0) is 28.5 Å². The summed E-state index contributed by atoms with van der Waals surface area (Å²) in [7, 11) is 0. The van der Waals surface area contributed by atoms with Crippen LogP contribution in [0.1, 0.15) is 121 Å². The maximum atomic E-state index is 13.6. The van der Waals surface area contributed by atoms with Crippen LogP contribution in [0.5, 0.6) is 0 Å². The average Bonchev–Trinajstić information content (AvgIpc) is 2.92. The molecule has 4 rings (SSSR count). The third-order valence-electron chi connectivity index (χ3n) is 11.0. The van der Waals surface area contributed by atoms with E-state index in [4.69, 9.17) is 18.9 Å². The SMILES string of the molecule is C=C1CC[C@@H]2[C@@H](C)CN[C@H](C)C[C@@](C)(CC1)[C@H](O[C@@H]1O[C@H](C)C[C@H](C)[C@H]1OC(C)=O)[C@@H](C)C[C@@H](C)C(=O)O[C@H](CC)[C@@]2(C)O. The van der Waals surface area contributed by atoms with Gasteiger partial charge in [0.15, 0.2) is 12.4 Å². The molecule has 4 aliphatic heterocycles. The molecular formula is C36H63NO7. The lowest BCUT2D eigenvalue weighted by atomic mass is 9.68. The van der Waals surface area contributed by atoms with Crippen molar-refractivity contribution in [2.24, 2.45) is 35.0 Å². The predicted molar refractivity (Wildman–Crippen MR) is 173 cm³/mol. The summed E-state index contributed by atoms with van der Waals surface area (Å²) >= 11 is 0. The van der Waals surface area contributed by atoms with Gasteiger partial charge in [0, 0.05) is 18.9 Å². The lowest BCUT2D eigenvalue weighted by Crippen LogP contribution is -2.53. The molecule has 0 aromatic rings. The Bertz CT molecular complexity index is 984. The summed E-state index contributed by atoms with van der Waals surface area (Å²) in [4.78, 5) is 25.8. The van der Waals surface area contributed by atoms with Gasteiger partial charge in [0.05, 0.1) is 18.1 Å². The molecule has 8 nitrogen and oxygen atoms in total. The Morgan fingerprint density at radius 1 is 1.07 bits per heavy atom. The fourth-order valence-electron chi connectivity index (χ4n) is 8.54. The fourth-order valence-corrected chi connectivity index (χ4v) is 8.54. The number of aliphatic hydroxyl groups is 1. The number of carbonyl (C=O) groups is 2. The zero-order chi connectivity index (χ0) is 33.0. The lowest BCUT2D eigenvalue weighted by molar-refractivity contribution is -0.291. The van der Waals surface area contributed by atoms with Crippen LogP contribution >= 0.6 is 0 Å². The van der Waals surface area contributed by atoms with Gasteiger partial charge >= 0.3 is 11.9 Å². The molecule has 254 valence electrons. The Kier molecular flexibility index (Phi) is 12.9. The minimum Gasteiger partial charge on any atom is -0.459 e. The minimum atomic E-state index is -1.18. The summed E-state index contributed by atoms with van der Waals surface area (Å²) in [5, 5.41) is 15.8. The molecule has 4 heterocycles. The Labute approximate surface area is 267 Å². The Morgan fingerprint density at radius 3 is 2.39 bits per heavy atom. The second-order valence-corrected chi connectivity index (χ2v) is 15.4. The van der Waals surface area contributed by atoms with E-state index in [-0.39, 0.29) is 59.3 Å². The molecule has 0 unspecified atom stereocenters. The first kappa shape index (κ1) is 37.0. The number of allylic oxidation sites excluding steroid dienone is 1. The molecule has 0 aliphatic carbocycles. The third kappa shape index (κ3) is 9.07. The number of nitrogens with one attached hydrogen (secondary N) is 1. The summed E-state index contributed by atoms with van der Waals surface area (Å²) in [6, 6.07) is 0.177. The average molecular weight is 622 g/mol. The zero-order valence-corrected chi connectivity index (χ0v) is 29.3. The van der Waals surface area contributed by atoms with Crippen molar-refractivity contribution >= 4 is 11.9 Å². The molecule has 4 aliphatic rings. The van der Waals surface area contributed by atoms with E-state index in [2.05, 4.69) is 46.5 Å². The summed E-state index contributed by atoms with van der Waals surface area (Å²) in [5.41, 5.74) is -0.312. The summed E-state index contributed by atoms with van der Waals surface area (Å²) in [5.74, 6) is -0.905. The molecule has 13 atom stereocenters. The van der Waals surface area contributed by atoms with Crippen molar-refractivity contribution in [1.82, 2.24) is 5.32 Å². The number of hydrogen-bond donors (Lipinski definition) is 2. The molecule has 4 fully saturated rings. The van der Waals surface area contributed by atoms with Gasteiger partial charge in [-0.15, -0.1) is 0 Å². The van der Waals surface area contributed by atoms with Crippen LogP contribution in [0.2, 0.25) is 0 Å². The highest BCUT2D eigenvalue weighted by Gasteiger charge is 2.48. The number of ether oxygens (including phenoxy) is 4. The van der Waals surface area contributed by atoms with Crippen LogP contribution in [0.3, 0.4) is 0 Å². The van der Waals surface area contributed by atoms with Gasteiger partial charge in [0.1, 0.15) is 11.7 Å². The van der Waals surface area contributed by atoms with Crippen LogP contribution < -0.4 is 5.32 Å². The summed E-state index contributed by atoms with van der Waals surface area (Å²) < 4.78 is 25.4. The van der Waals surface area contributed by atoms with Crippen molar-refractivity contribution in [1.29, 1.82) is 0 Å². The van der Waals surface area contributed by atoms with Gasteiger partial charge in [-0.1, -0.05) is 53.7 Å². The van der Waals surface area contributed by atoms with E-state index < -0.39 is 30.0 Å². The van der Waals surface area contributed by atoms with Gasteiger partial charge in [-0.05, 0) is 102 Å². The fraction of sp³-hybridized carbons (Fsp3) is 0.889. The molecule has 0 spiro atoms. The second kappa shape index (κ2) is 15.4. The van der Waals surface area contributed by atoms with Crippen molar-refractivity contribution in [3.8, 4) is 0 Å². The molecule has 2 bridgehead atoms. The van der Waals surface area contributed by atoms with Crippen LogP contribution in [0.4, 0.5) is 0 Å². The lowest BCUT2D eigenvalue weighted by Gasteiger charge is -2.47. The Hall–Kier alpha value is -1.48. The van der Waals surface area contributed by atoms with Gasteiger partial charge in [-0.25, -0.2) is 0 Å². The van der Waals surface area contributed by atoms with E-state index in [9.17, 15) is 14.7 Å². The standard InChI is InChI=1S/C36H63NO7/c1-12-30-36(11,40)29-14-13-21(2)15-16-35(10,19-26(7)37-20-25(29)6)32(23(4)17-24(5)33(39)43-30)44-34-31(42-28(9)38)22(3)18-27(8)41-34/h22-27,29-32,34,37,40H,2,12-20H2,1,3-11H3/t22-,23-,24+,25-,26+,27+,29+,30+,31+,32+,34-,35+,36-/m0/s1. The van der Waals surface area contributed by atoms with Gasteiger partial charge in [-0.2, -0.15) is 0 Å². The van der Waals surface area contributed by atoms with Gasteiger partial charge in [-0.3, -0.25) is 9.59 Å². The smallest absolute Gasteiger partial charge is 0.309 e. The van der Waals surface area contributed by atoms with Gasteiger partial charge in [0.2, 0.25) is 0 Å². The molecular weight excluding hydrogens is 558 g/mol. The molecule has 0 saturated carbocycles. The molecule has 4 saturated heterocycles. The van der Waals surface area contributed by atoms with E-state index in [1.165, 1.54) is 12.5 Å². The number of rotatable bonds is 4. The van der Waals surface area contributed by atoms with E-state index in [1.54, 1.807) is 0 Å². The Morgan fingerprint density at radius 2 is 1.75 bits per heavy atom. The number of esters is 2. The topological polar surface area (TPSA) is 103 Å². The van der Waals surface area contributed by atoms with Crippen molar-refractivity contribution in [3.63, 3.8) is 0 Å². The van der Waals surface area contributed by atoms with Crippen LogP contribution in [0.15, 0.2) is 12.2 Å². The normalized spacial score (nSPS) is 45.2. The number of fused-ring (bicyclic) bond motifs is 15. The van der Waals surface area contributed by atoms with E-state index in [0.717, 1.165) is 45.1 Å². The van der Waals surface area contributed by atoms with Crippen molar-refractivity contribution < 1.29 is 33.6 Å². The van der Waals surface area contributed by atoms with Gasteiger partial charge in [0.25, 0.3) is 0 Å². The zero-order valence-electron chi connectivity index (χ0n) is 29.3. The number of carbonyl (C=O) groups excluding carboxylic acids is 2. The van der Waals surface area contributed by atoms with Crippen LogP contribution in [0, 0.1) is 35.0 Å². The first-order valence-electron chi connectivity index (χ1n) is 17.3.